The third-order valence-electron chi connectivity index (χ3n) is 4.85. The number of rotatable bonds is 3. The molecule has 0 spiro atoms. The molecular formula is C17H21ClFNO. The quantitative estimate of drug-likeness (QED) is 0.834. The van der Waals surface area contributed by atoms with Crippen LogP contribution in [0.2, 0.25) is 5.02 Å². The van der Waals surface area contributed by atoms with Crippen LogP contribution in [-0.2, 0) is 11.3 Å². The van der Waals surface area contributed by atoms with Crippen LogP contribution in [0.4, 0.5) is 4.39 Å². The molecule has 1 heterocycles. The summed E-state index contributed by atoms with van der Waals surface area (Å²) in [5.74, 6) is 0.260. The Morgan fingerprint density at radius 1 is 1.24 bits per heavy atom. The van der Waals surface area contributed by atoms with Crippen LogP contribution >= 0.6 is 11.6 Å². The maximum atomic E-state index is 13.6. The van der Waals surface area contributed by atoms with Gasteiger partial charge in [-0.15, -0.1) is 0 Å². The molecule has 1 saturated carbocycles. The van der Waals surface area contributed by atoms with Gasteiger partial charge < -0.3 is 0 Å². The highest BCUT2D eigenvalue weighted by Gasteiger charge is 2.36. The Balaban J connectivity index is 1.74. The van der Waals surface area contributed by atoms with E-state index in [1.165, 1.54) is 12.5 Å². The van der Waals surface area contributed by atoms with Crippen LogP contribution in [0.1, 0.15) is 44.1 Å². The summed E-state index contributed by atoms with van der Waals surface area (Å²) in [5, 5.41) is 0.167. The minimum Gasteiger partial charge on any atom is -0.299 e. The monoisotopic (exact) mass is 309 g/mol. The molecule has 1 aliphatic carbocycles. The SMILES string of the molecule is O=C1CCCC1C1CCCCN1Cc1ccc(Cl)c(F)c1. The van der Waals surface area contributed by atoms with E-state index in [1.807, 2.05) is 6.07 Å². The summed E-state index contributed by atoms with van der Waals surface area (Å²) in [4.78, 5) is 14.4. The lowest BCUT2D eigenvalue weighted by Gasteiger charge is -2.38. The summed E-state index contributed by atoms with van der Waals surface area (Å²) in [6.45, 7) is 1.71. The van der Waals surface area contributed by atoms with Crippen molar-refractivity contribution in [3.05, 3.63) is 34.6 Å². The Hall–Kier alpha value is -0.930. The van der Waals surface area contributed by atoms with Gasteiger partial charge in [0, 0.05) is 24.9 Å². The molecular weight excluding hydrogens is 289 g/mol. The highest BCUT2D eigenvalue weighted by molar-refractivity contribution is 6.30. The molecule has 2 aliphatic rings. The zero-order valence-electron chi connectivity index (χ0n) is 12.2. The van der Waals surface area contributed by atoms with Crippen molar-refractivity contribution >= 4 is 17.4 Å². The van der Waals surface area contributed by atoms with Crippen molar-refractivity contribution in [3.8, 4) is 0 Å². The van der Waals surface area contributed by atoms with Crippen molar-refractivity contribution in [2.75, 3.05) is 6.54 Å². The van der Waals surface area contributed by atoms with Gasteiger partial charge in [-0.1, -0.05) is 24.1 Å². The lowest BCUT2D eigenvalue weighted by molar-refractivity contribution is -0.123. The van der Waals surface area contributed by atoms with Crippen molar-refractivity contribution in [2.24, 2.45) is 5.92 Å². The fourth-order valence-corrected chi connectivity index (χ4v) is 3.91. The lowest BCUT2D eigenvalue weighted by Crippen LogP contribution is -2.44. The summed E-state index contributed by atoms with van der Waals surface area (Å²) < 4.78 is 13.6. The molecule has 2 unspecified atom stereocenters. The zero-order valence-corrected chi connectivity index (χ0v) is 12.9. The Bertz CT molecular complexity index is 534. The Kier molecular flexibility index (Phi) is 4.60. The number of piperidine rings is 1. The average Bonchev–Trinajstić information content (AvgIpc) is 2.90. The van der Waals surface area contributed by atoms with E-state index in [2.05, 4.69) is 4.90 Å². The van der Waals surface area contributed by atoms with Crippen LogP contribution in [0.25, 0.3) is 0 Å². The molecule has 0 aromatic heterocycles. The summed E-state index contributed by atoms with van der Waals surface area (Å²) in [6.07, 6.45) is 6.24. The average molecular weight is 310 g/mol. The van der Waals surface area contributed by atoms with Gasteiger partial charge in [-0.2, -0.15) is 0 Å². The molecule has 0 radical (unpaired) electrons. The maximum absolute atomic E-state index is 13.6. The number of halogens is 2. The number of hydrogen-bond donors (Lipinski definition) is 0. The molecule has 0 N–H and O–H groups in total. The first kappa shape index (κ1) is 15.0. The van der Waals surface area contributed by atoms with E-state index in [0.717, 1.165) is 44.2 Å². The van der Waals surface area contributed by atoms with Crippen LogP contribution < -0.4 is 0 Å². The van der Waals surface area contributed by atoms with Crippen LogP contribution in [0.3, 0.4) is 0 Å². The van der Waals surface area contributed by atoms with Gasteiger partial charge in [-0.3, -0.25) is 9.69 Å². The predicted molar refractivity (Wildman–Crippen MR) is 81.8 cm³/mol. The van der Waals surface area contributed by atoms with Gasteiger partial charge in [0.15, 0.2) is 0 Å². The van der Waals surface area contributed by atoms with Crippen LogP contribution in [0.15, 0.2) is 18.2 Å². The van der Waals surface area contributed by atoms with E-state index >= 15 is 0 Å². The summed E-state index contributed by atoms with van der Waals surface area (Å²) in [5.41, 5.74) is 0.939. The second-order valence-corrected chi connectivity index (χ2v) is 6.65. The van der Waals surface area contributed by atoms with Gasteiger partial charge in [0.2, 0.25) is 0 Å². The molecule has 1 aliphatic heterocycles. The van der Waals surface area contributed by atoms with E-state index in [4.69, 9.17) is 11.6 Å². The van der Waals surface area contributed by atoms with Gasteiger partial charge >= 0.3 is 0 Å². The number of likely N-dealkylation sites (tertiary alicyclic amines) is 1. The number of benzene rings is 1. The largest absolute Gasteiger partial charge is 0.299 e. The number of carbonyl (C=O) groups excluding carboxylic acids is 1. The number of nitrogens with zero attached hydrogens (tertiary/aromatic N) is 1. The lowest BCUT2D eigenvalue weighted by atomic mass is 9.88. The Labute approximate surface area is 130 Å². The van der Waals surface area contributed by atoms with Crippen LogP contribution in [0.5, 0.6) is 0 Å². The first-order valence-electron chi connectivity index (χ1n) is 7.86. The number of ketones is 1. The van der Waals surface area contributed by atoms with Gasteiger partial charge in [0.05, 0.1) is 5.02 Å². The van der Waals surface area contributed by atoms with E-state index in [0.29, 0.717) is 18.4 Å². The molecule has 0 amide bonds. The van der Waals surface area contributed by atoms with Crippen molar-refractivity contribution in [2.45, 2.75) is 51.1 Å². The topological polar surface area (TPSA) is 20.3 Å². The molecule has 3 rings (SSSR count). The van der Waals surface area contributed by atoms with E-state index < -0.39 is 0 Å². The van der Waals surface area contributed by atoms with E-state index in [1.54, 1.807) is 6.07 Å². The van der Waals surface area contributed by atoms with Crippen molar-refractivity contribution in [3.63, 3.8) is 0 Å². The zero-order chi connectivity index (χ0) is 14.8. The molecule has 21 heavy (non-hydrogen) atoms. The molecule has 2 fully saturated rings. The summed E-state index contributed by atoms with van der Waals surface area (Å²) in [7, 11) is 0. The summed E-state index contributed by atoms with van der Waals surface area (Å²) >= 11 is 5.74. The minimum absolute atomic E-state index is 0.167. The van der Waals surface area contributed by atoms with E-state index in [9.17, 15) is 9.18 Å². The second kappa shape index (κ2) is 6.45. The third-order valence-corrected chi connectivity index (χ3v) is 5.16. The fraction of sp³-hybridized carbons (Fsp3) is 0.588. The van der Waals surface area contributed by atoms with E-state index in [-0.39, 0.29) is 16.8 Å². The highest BCUT2D eigenvalue weighted by Crippen LogP contribution is 2.33. The minimum atomic E-state index is -0.361. The normalized spacial score (nSPS) is 27.2. The number of hydrogen-bond acceptors (Lipinski definition) is 2. The van der Waals surface area contributed by atoms with Crippen LogP contribution in [0, 0.1) is 11.7 Å². The molecule has 2 atom stereocenters. The Morgan fingerprint density at radius 3 is 2.81 bits per heavy atom. The van der Waals surface area contributed by atoms with Crippen LogP contribution in [-0.4, -0.2) is 23.3 Å². The first-order chi connectivity index (χ1) is 10.1. The molecule has 0 bridgehead atoms. The van der Waals surface area contributed by atoms with Crippen molar-refractivity contribution in [1.82, 2.24) is 4.90 Å². The van der Waals surface area contributed by atoms with Crippen molar-refractivity contribution in [1.29, 1.82) is 0 Å². The molecule has 1 saturated heterocycles. The van der Waals surface area contributed by atoms with Gasteiger partial charge in [-0.05, 0) is 49.9 Å². The fourth-order valence-electron chi connectivity index (χ4n) is 3.79. The summed E-state index contributed by atoms with van der Waals surface area (Å²) in [6, 6.07) is 5.36. The first-order valence-corrected chi connectivity index (χ1v) is 8.23. The number of carbonyl (C=O) groups is 1. The maximum Gasteiger partial charge on any atom is 0.142 e. The van der Waals surface area contributed by atoms with Crippen molar-refractivity contribution < 1.29 is 9.18 Å². The predicted octanol–water partition coefficient (Wildman–Crippen LogP) is 4.20. The molecule has 1 aromatic carbocycles. The van der Waals surface area contributed by atoms with Gasteiger partial charge in [0.1, 0.15) is 11.6 Å². The standard InChI is InChI=1S/C17H21ClFNO/c18-14-8-7-12(10-15(14)19)11-20-9-2-1-5-16(20)13-4-3-6-17(13)21/h7-8,10,13,16H,1-6,9,11H2. The molecule has 2 nitrogen and oxygen atoms in total. The highest BCUT2D eigenvalue weighted by atomic mass is 35.5. The second-order valence-electron chi connectivity index (χ2n) is 6.25. The van der Waals surface area contributed by atoms with Gasteiger partial charge in [-0.25, -0.2) is 4.39 Å². The molecule has 1 aromatic rings. The molecule has 114 valence electrons. The van der Waals surface area contributed by atoms with Gasteiger partial charge in [0.25, 0.3) is 0 Å². The number of Topliss-reactive ketones (excluding diaryl/α,β-unsaturated/α-hetero) is 1. The Morgan fingerprint density at radius 2 is 2.10 bits per heavy atom. The smallest absolute Gasteiger partial charge is 0.142 e. The third kappa shape index (κ3) is 3.29. The molecule has 4 heteroatoms.